The van der Waals surface area contributed by atoms with Crippen molar-refractivity contribution in [3.05, 3.63) is 23.5 Å². The Kier molecular flexibility index (Phi) is 6.81. The molecule has 4 unspecified atom stereocenters. The average Bonchev–Trinajstić information content (AvgIpc) is 2.85. The number of carboxylic acid groups (broad SMARTS) is 1. The number of aliphatic hydroxyl groups is 1. The van der Waals surface area contributed by atoms with Gasteiger partial charge in [-0.25, -0.2) is 4.79 Å². The van der Waals surface area contributed by atoms with Crippen LogP contribution in [0.3, 0.4) is 0 Å². The summed E-state index contributed by atoms with van der Waals surface area (Å²) in [4.78, 5) is 39.3. The molecule has 5 aliphatic rings. The summed E-state index contributed by atoms with van der Waals surface area (Å²) in [7, 11) is 0. The summed E-state index contributed by atoms with van der Waals surface area (Å²) in [6, 6.07) is -0.893. The van der Waals surface area contributed by atoms with E-state index < -0.39 is 22.8 Å². The lowest BCUT2D eigenvalue weighted by Crippen LogP contribution is -2.65. The van der Waals surface area contributed by atoms with Gasteiger partial charge in [0.2, 0.25) is 11.7 Å². The lowest BCUT2D eigenvalue weighted by atomic mass is 9.34. The van der Waals surface area contributed by atoms with Gasteiger partial charge in [0.1, 0.15) is 6.04 Å². The minimum absolute atomic E-state index is 0.0542. The molecule has 5 rings (SSSR count). The highest BCUT2D eigenvalue weighted by atomic mass is 16.4. The Bertz CT molecular complexity index is 1230. The molecule has 5 aliphatic carbocycles. The van der Waals surface area contributed by atoms with Gasteiger partial charge < -0.3 is 15.5 Å². The van der Waals surface area contributed by atoms with E-state index >= 15 is 0 Å². The van der Waals surface area contributed by atoms with Gasteiger partial charge in [-0.15, -0.1) is 0 Å². The molecule has 0 aromatic carbocycles. The maximum atomic E-state index is 14.2. The number of aliphatic carboxylic acids is 1. The first kappa shape index (κ1) is 30.4. The summed E-state index contributed by atoms with van der Waals surface area (Å²) in [5, 5.41) is 23.7. The van der Waals surface area contributed by atoms with E-state index in [0.717, 1.165) is 51.4 Å². The molecule has 0 spiro atoms. The van der Waals surface area contributed by atoms with Gasteiger partial charge in [0.25, 0.3) is 0 Å². The zero-order valence-electron chi connectivity index (χ0n) is 26.8. The third-order valence-corrected chi connectivity index (χ3v) is 13.6. The van der Waals surface area contributed by atoms with Crippen molar-refractivity contribution in [1.82, 2.24) is 5.32 Å². The van der Waals surface area contributed by atoms with E-state index in [2.05, 4.69) is 46.0 Å². The summed E-state index contributed by atoms with van der Waals surface area (Å²) >= 11 is 0. The van der Waals surface area contributed by atoms with E-state index in [4.69, 9.17) is 0 Å². The highest BCUT2D eigenvalue weighted by molar-refractivity contribution is 5.98. The molecule has 0 radical (unpaired) electrons. The maximum absolute atomic E-state index is 14.2. The molecule has 6 nitrogen and oxygen atoms in total. The molecular formula is C35H53NO5. The number of ketones is 1. The Labute approximate surface area is 246 Å². The number of fused-ring (bicyclic) bond motifs is 7. The molecule has 1 amide bonds. The van der Waals surface area contributed by atoms with Crippen LogP contribution in [0, 0.1) is 56.2 Å². The van der Waals surface area contributed by atoms with E-state index in [1.54, 1.807) is 0 Å². The fraction of sp³-hybridized carbons (Fsp3) is 0.800. The van der Waals surface area contributed by atoms with Crippen LogP contribution in [-0.4, -0.2) is 33.9 Å². The predicted octanol–water partition coefficient (Wildman–Crippen LogP) is 7.24. The highest BCUT2D eigenvalue weighted by Crippen LogP contribution is 2.75. The second-order valence-electron chi connectivity index (χ2n) is 16.8. The molecule has 41 heavy (non-hydrogen) atoms. The third-order valence-electron chi connectivity index (χ3n) is 13.6. The summed E-state index contributed by atoms with van der Waals surface area (Å²) in [5.41, 5.74) is -0.171. The van der Waals surface area contributed by atoms with Crippen LogP contribution in [0.15, 0.2) is 23.5 Å². The molecule has 3 saturated carbocycles. The van der Waals surface area contributed by atoms with Gasteiger partial charge in [-0.05, 0) is 103 Å². The fourth-order valence-electron chi connectivity index (χ4n) is 10.9. The van der Waals surface area contributed by atoms with Gasteiger partial charge in [-0.1, -0.05) is 74.0 Å². The van der Waals surface area contributed by atoms with Crippen LogP contribution < -0.4 is 5.32 Å². The van der Waals surface area contributed by atoms with Crippen molar-refractivity contribution < 1.29 is 24.6 Å². The predicted molar refractivity (Wildman–Crippen MR) is 160 cm³/mol. The lowest BCUT2D eigenvalue weighted by Gasteiger charge is -2.70. The summed E-state index contributed by atoms with van der Waals surface area (Å²) in [5.74, 6) is -0.950. The molecule has 0 saturated heterocycles. The number of carboxylic acids is 1. The Hall–Kier alpha value is -2.11. The smallest absolute Gasteiger partial charge is 0.326 e. The first-order valence-electron chi connectivity index (χ1n) is 16.0. The Balaban J connectivity index is 1.59. The minimum atomic E-state index is -0.972. The van der Waals surface area contributed by atoms with Crippen molar-refractivity contribution in [3.8, 4) is 0 Å². The number of hydrogen-bond acceptors (Lipinski definition) is 4. The molecule has 0 heterocycles. The van der Waals surface area contributed by atoms with Gasteiger partial charge in [-0.3, -0.25) is 9.59 Å². The third kappa shape index (κ3) is 4.04. The van der Waals surface area contributed by atoms with Gasteiger partial charge in [0.05, 0.1) is 5.41 Å². The standard InChI is InChI=1S/C35H53NO5/c1-20(2)26(28(39)40)36-29(41)35-16-14-30(3,4)18-22(35)21-10-11-25-32(7)19-23(37)27(38)31(5,6)24(32)12-13-34(25,9)33(21,8)15-17-35/h10,19-20,22,24-26,37H,11-18H2,1-9H3,(H,36,41)(H,39,40)/t22?,24?,25?,26?,32-,33+,34+,35-/m0/s1. The van der Waals surface area contributed by atoms with Gasteiger partial charge in [0, 0.05) is 5.41 Å². The van der Waals surface area contributed by atoms with Gasteiger partial charge in [0.15, 0.2) is 5.76 Å². The summed E-state index contributed by atoms with van der Waals surface area (Å²) in [6.45, 7) is 19.5. The maximum Gasteiger partial charge on any atom is 0.326 e. The van der Waals surface area contributed by atoms with Crippen LogP contribution >= 0.6 is 0 Å². The molecule has 228 valence electrons. The molecule has 0 bridgehead atoms. The van der Waals surface area contributed by atoms with Crippen LogP contribution in [0.5, 0.6) is 0 Å². The second kappa shape index (κ2) is 9.19. The number of amides is 1. The number of carbonyl (C=O) groups is 3. The van der Waals surface area contributed by atoms with Crippen LogP contribution in [0.2, 0.25) is 0 Å². The summed E-state index contributed by atoms with van der Waals surface area (Å²) in [6.07, 6.45) is 11.4. The molecule has 0 aromatic heterocycles. The molecule has 6 heteroatoms. The van der Waals surface area contributed by atoms with Crippen molar-refractivity contribution in [3.63, 3.8) is 0 Å². The number of nitrogens with one attached hydrogen (secondary N) is 1. The minimum Gasteiger partial charge on any atom is -0.505 e. The molecule has 3 N–H and O–H groups in total. The zero-order valence-corrected chi connectivity index (χ0v) is 26.8. The van der Waals surface area contributed by atoms with E-state index in [0.29, 0.717) is 0 Å². The van der Waals surface area contributed by atoms with Crippen molar-refractivity contribution in [2.75, 3.05) is 0 Å². The normalized spacial score (nSPS) is 43.4. The average molecular weight is 568 g/mol. The number of hydrogen-bond donors (Lipinski definition) is 3. The summed E-state index contributed by atoms with van der Waals surface area (Å²) < 4.78 is 0. The van der Waals surface area contributed by atoms with Gasteiger partial charge in [-0.2, -0.15) is 0 Å². The Morgan fingerprint density at radius 2 is 1.59 bits per heavy atom. The Morgan fingerprint density at radius 1 is 0.951 bits per heavy atom. The number of allylic oxidation sites excluding steroid dienone is 4. The lowest BCUT2D eigenvalue weighted by molar-refractivity contribution is -0.169. The van der Waals surface area contributed by atoms with Crippen molar-refractivity contribution in [2.45, 2.75) is 120 Å². The molecular weight excluding hydrogens is 514 g/mol. The van der Waals surface area contributed by atoms with E-state index in [1.807, 2.05) is 33.8 Å². The van der Waals surface area contributed by atoms with Gasteiger partial charge >= 0.3 is 5.97 Å². The van der Waals surface area contributed by atoms with Crippen LogP contribution in [0.4, 0.5) is 0 Å². The zero-order chi connectivity index (χ0) is 30.6. The van der Waals surface area contributed by atoms with Crippen LogP contribution in [0.1, 0.15) is 114 Å². The van der Waals surface area contributed by atoms with E-state index in [9.17, 15) is 24.6 Å². The number of Topliss-reactive ketones (excluding diaryl/α,β-unsaturated/α-hetero) is 1. The number of carbonyl (C=O) groups excluding carboxylic acids is 2. The molecule has 8 atom stereocenters. The Morgan fingerprint density at radius 3 is 2.20 bits per heavy atom. The van der Waals surface area contributed by atoms with Crippen LogP contribution in [-0.2, 0) is 14.4 Å². The largest absolute Gasteiger partial charge is 0.505 e. The SMILES string of the molecule is CC(C)C(NC(=O)[C@]12CCC(C)(C)CC1C1=CCC3[C@@]4(C)C=C(O)C(=O)C(C)(C)C4CC[C@@]3(C)[C@]1(C)CC2)C(=O)O. The van der Waals surface area contributed by atoms with E-state index in [-0.39, 0.29) is 62.8 Å². The molecule has 3 fully saturated rings. The van der Waals surface area contributed by atoms with Crippen molar-refractivity contribution >= 4 is 17.7 Å². The quantitative estimate of drug-likeness (QED) is 0.311. The molecule has 0 aromatic rings. The second-order valence-corrected chi connectivity index (χ2v) is 16.8. The monoisotopic (exact) mass is 567 g/mol. The number of aliphatic hydroxyl groups excluding tert-OH is 1. The molecule has 0 aliphatic heterocycles. The first-order chi connectivity index (χ1) is 18.8. The van der Waals surface area contributed by atoms with Crippen molar-refractivity contribution in [2.24, 2.45) is 56.2 Å². The van der Waals surface area contributed by atoms with Crippen molar-refractivity contribution in [1.29, 1.82) is 0 Å². The topological polar surface area (TPSA) is 104 Å². The van der Waals surface area contributed by atoms with Crippen LogP contribution in [0.25, 0.3) is 0 Å². The first-order valence-corrected chi connectivity index (χ1v) is 16.0. The number of rotatable bonds is 4. The highest BCUT2D eigenvalue weighted by Gasteiger charge is 2.69. The van der Waals surface area contributed by atoms with E-state index in [1.165, 1.54) is 5.57 Å². The fourth-order valence-corrected chi connectivity index (χ4v) is 10.9.